The minimum absolute atomic E-state index is 0.185. The molecule has 0 aromatic heterocycles. The second kappa shape index (κ2) is 5.70. The number of nitrogens with one attached hydrogen (secondary N) is 1. The SMILES string of the molecule is Cc1ccc(CNCCCF)cc1F. The molecule has 0 aliphatic heterocycles. The van der Waals surface area contributed by atoms with E-state index in [-0.39, 0.29) is 12.5 Å². The summed E-state index contributed by atoms with van der Waals surface area (Å²) in [6.45, 7) is 2.65. The number of aryl methyl sites for hydroxylation is 1. The second-order valence-corrected chi connectivity index (χ2v) is 3.30. The lowest BCUT2D eigenvalue weighted by atomic mass is 10.1. The Morgan fingerprint density at radius 1 is 1.36 bits per heavy atom. The van der Waals surface area contributed by atoms with Crippen LogP contribution in [0, 0.1) is 12.7 Å². The Morgan fingerprint density at radius 3 is 2.79 bits per heavy atom. The third kappa shape index (κ3) is 3.42. The van der Waals surface area contributed by atoms with E-state index in [0.717, 1.165) is 5.56 Å². The molecule has 0 heterocycles. The molecule has 14 heavy (non-hydrogen) atoms. The first-order valence-corrected chi connectivity index (χ1v) is 4.75. The molecule has 0 radical (unpaired) electrons. The lowest BCUT2D eigenvalue weighted by Gasteiger charge is -2.04. The molecule has 0 spiro atoms. The van der Waals surface area contributed by atoms with Gasteiger partial charge in [0.15, 0.2) is 0 Å². The van der Waals surface area contributed by atoms with Gasteiger partial charge in [-0.3, -0.25) is 4.39 Å². The highest BCUT2D eigenvalue weighted by Crippen LogP contribution is 2.08. The van der Waals surface area contributed by atoms with Gasteiger partial charge in [-0.25, -0.2) is 4.39 Å². The molecule has 0 saturated carbocycles. The van der Waals surface area contributed by atoms with Crippen molar-refractivity contribution < 1.29 is 8.78 Å². The van der Waals surface area contributed by atoms with Crippen LogP contribution in [-0.4, -0.2) is 13.2 Å². The summed E-state index contributed by atoms with van der Waals surface area (Å²) < 4.78 is 24.8. The lowest BCUT2D eigenvalue weighted by molar-refractivity contribution is 0.459. The molecule has 0 aliphatic rings. The highest BCUT2D eigenvalue weighted by molar-refractivity contribution is 5.23. The van der Waals surface area contributed by atoms with Crippen molar-refractivity contribution in [1.29, 1.82) is 0 Å². The summed E-state index contributed by atoms with van der Waals surface area (Å²) in [5.41, 5.74) is 1.55. The van der Waals surface area contributed by atoms with E-state index >= 15 is 0 Å². The van der Waals surface area contributed by atoms with Gasteiger partial charge in [0.2, 0.25) is 0 Å². The average Bonchev–Trinajstić information content (AvgIpc) is 2.18. The summed E-state index contributed by atoms with van der Waals surface area (Å²) in [5.74, 6) is -0.185. The van der Waals surface area contributed by atoms with Crippen LogP contribution in [0.15, 0.2) is 18.2 Å². The van der Waals surface area contributed by atoms with Crippen LogP contribution in [0.4, 0.5) is 8.78 Å². The molecule has 0 fully saturated rings. The monoisotopic (exact) mass is 199 g/mol. The zero-order valence-electron chi connectivity index (χ0n) is 8.32. The molecule has 0 atom stereocenters. The van der Waals surface area contributed by atoms with Crippen molar-refractivity contribution in [2.75, 3.05) is 13.2 Å². The molecule has 1 nitrogen and oxygen atoms in total. The van der Waals surface area contributed by atoms with Gasteiger partial charge in [-0.1, -0.05) is 12.1 Å². The maximum atomic E-state index is 13.1. The Labute approximate surface area is 83.1 Å². The number of alkyl halides is 1. The number of hydrogen-bond donors (Lipinski definition) is 1. The fraction of sp³-hybridized carbons (Fsp3) is 0.455. The van der Waals surface area contributed by atoms with E-state index < -0.39 is 0 Å². The van der Waals surface area contributed by atoms with Crippen LogP contribution >= 0.6 is 0 Å². The van der Waals surface area contributed by atoms with Crippen LogP contribution in [0.25, 0.3) is 0 Å². The molecule has 1 N–H and O–H groups in total. The maximum absolute atomic E-state index is 13.1. The molecule has 0 saturated heterocycles. The van der Waals surface area contributed by atoms with Gasteiger partial charge < -0.3 is 5.32 Å². The fourth-order valence-corrected chi connectivity index (χ4v) is 1.17. The number of benzene rings is 1. The molecular formula is C11H15F2N. The van der Waals surface area contributed by atoms with E-state index in [9.17, 15) is 8.78 Å². The van der Waals surface area contributed by atoms with Crippen molar-refractivity contribution in [2.24, 2.45) is 0 Å². The first-order valence-electron chi connectivity index (χ1n) is 4.75. The Balaban J connectivity index is 2.39. The summed E-state index contributed by atoms with van der Waals surface area (Å²) in [7, 11) is 0. The zero-order valence-corrected chi connectivity index (χ0v) is 8.32. The van der Waals surface area contributed by atoms with E-state index in [1.807, 2.05) is 6.07 Å². The molecule has 78 valence electrons. The van der Waals surface area contributed by atoms with Crippen molar-refractivity contribution in [2.45, 2.75) is 19.9 Å². The van der Waals surface area contributed by atoms with Crippen LogP contribution in [0.2, 0.25) is 0 Å². The standard InChI is InChI=1S/C11H15F2N/c1-9-3-4-10(7-11(9)13)8-14-6-2-5-12/h3-4,7,14H,2,5-6,8H2,1H3. The van der Waals surface area contributed by atoms with Crippen molar-refractivity contribution in [3.05, 3.63) is 35.1 Å². The Bertz CT molecular complexity index is 287. The summed E-state index contributed by atoms with van der Waals surface area (Å²) >= 11 is 0. The predicted octanol–water partition coefficient (Wildman–Crippen LogP) is 2.58. The van der Waals surface area contributed by atoms with Gasteiger partial charge in [0, 0.05) is 6.54 Å². The Hall–Kier alpha value is -0.960. The normalized spacial score (nSPS) is 10.5. The smallest absolute Gasteiger partial charge is 0.126 e. The van der Waals surface area contributed by atoms with Gasteiger partial charge in [0.05, 0.1) is 6.67 Å². The minimum Gasteiger partial charge on any atom is -0.313 e. The predicted molar refractivity (Wildman–Crippen MR) is 53.4 cm³/mol. The van der Waals surface area contributed by atoms with Crippen LogP contribution < -0.4 is 5.32 Å². The van der Waals surface area contributed by atoms with Gasteiger partial charge in [-0.2, -0.15) is 0 Å². The van der Waals surface area contributed by atoms with E-state index in [2.05, 4.69) is 5.32 Å². The van der Waals surface area contributed by atoms with Crippen molar-refractivity contribution >= 4 is 0 Å². The van der Waals surface area contributed by atoms with Crippen molar-refractivity contribution in [3.63, 3.8) is 0 Å². The van der Waals surface area contributed by atoms with Gasteiger partial charge in [-0.05, 0) is 37.1 Å². The third-order valence-electron chi connectivity index (χ3n) is 2.05. The molecule has 0 amide bonds. The van der Waals surface area contributed by atoms with E-state index in [1.165, 1.54) is 6.07 Å². The average molecular weight is 199 g/mol. The molecule has 1 aromatic rings. The van der Waals surface area contributed by atoms with E-state index in [0.29, 0.717) is 25.1 Å². The van der Waals surface area contributed by atoms with Crippen LogP contribution in [-0.2, 0) is 6.54 Å². The summed E-state index contributed by atoms with van der Waals surface area (Å²) in [5, 5.41) is 3.04. The maximum Gasteiger partial charge on any atom is 0.126 e. The van der Waals surface area contributed by atoms with Gasteiger partial charge >= 0.3 is 0 Å². The minimum atomic E-state index is -0.310. The molecule has 1 rings (SSSR count). The molecule has 0 bridgehead atoms. The Kier molecular flexibility index (Phi) is 4.53. The summed E-state index contributed by atoms with van der Waals surface area (Å²) in [4.78, 5) is 0. The topological polar surface area (TPSA) is 12.0 Å². The summed E-state index contributed by atoms with van der Waals surface area (Å²) in [6, 6.07) is 5.14. The first kappa shape index (κ1) is 11.1. The highest BCUT2D eigenvalue weighted by Gasteiger charge is 1.98. The fourth-order valence-electron chi connectivity index (χ4n) is 1.17. The quantitative estimate of drug-likeness (QED) is 0.719. The van der Waals surface area contributed by atoms with Gasteiger partial charge in [0.1, 0.15) is 5.82 Å². The molecule has 0 unspecified atom stereocenters. The Morgan fingerprint density at radius 2 is 2.14 bits per heavy atom. The largest absolute Gasteiger partial charge is 0.313 e. The van der Waals surface area contributed by atoms with Gasteiger partial charge in [-0.15, -0.1) is 0 Å². The third-order valence-corrected chi connectivity index (χ3v) is 2.05. The first-order chi connectivity index (χ1) is 6.74. The summed E-state index contributed by atoms with van der Waals surface area (Å²) in [6.07, 6.45) is 0.508. The number of hydrogen-bond acceptors (Lipinski definition) is 1. The van der Waals surface area contributed by atoms with Crippen LogP contribution in [0.5, 0.6) is 0 Å². The molecule has 3 heteroatoms. The van der Waals surface area contributed by atoms with Crippen molar-refractivity contribution in [1.82, 2.24) is 5.32 Å². The molecule has 0 aliphatic carbocycles. The van der Waals surface area contributed by atoms with Crippen LogP contribution in [0.3, 0.4) is 0 Å². The van der Waals surface area contributed by atoms with Gasteiger partial charge in [0.25, 0.3) is 0 Å². The van der Waals surface area contributed by atoms with Crippen molar-refractivity contribution in [3.8, 4) is 0 Å². The number of rotatable bonds is 5. The molecular weight excluding hydrogens is 184 g/mol. The number of halogens is 2. The zero-order chi connectivity index (χ0) is 10.4. The highest BCUT2D eigenvalue weighted by atomic mass is 19.1. The van der Waals surface area contributed by atoms with E-state index in [4.69, 9.17) is 0 Å². The second-order valence-electron chi connectivity index (χ2n) is 3.30. The van der Waals surface area contributed by atoms with Crippen LogP contribution in [0.1, 0.15) is 17.5 Å². The molecule has 1 aromatic carbocycles. The van der Waals surface area contributed by atoms with E-state index in [1.54, 1.807) is 13.0 Å². The lowest BCUT2D eigenvalue weighted by Crippen LogP contribution is -2.15.